The van der Waals surface area contributed by atoms with Crippen molar-refractivity contribution < 1.29 is 19.1 Å². The molecule has 0 aromatic heterocycles. The summed E-state index contributed by atoms with van der Waals surface area (Å²) in [5.41, 5.74) is -0.185. The Bertz CT molecular complexity index is 704. The number of carbonyl (C=O) groups excluding carboxylic acids is 3. The second-order valence-electron chi connectivity index (χ2n) is 6.62. The van der Waals surface area contributed by atoms with Gasteiger partial charge in [0.2, 0.25) is 5.91 Å². The van der Waals surface area contributed by atoms with Crippen LogP contribution in [-0.2, 0) is 14.3 Å². The Balaban J connectivity index is 1.64. The highest BCUT2D eigenvalue weighted by molar-refractivity contribution is 6.31. The van der Waals surface area contributed by atoms with Crippen molar-refractivity contribution in [3.05, 3.63) is 34.9 Å². The van der Waals surface area contributed by atoms with Crippen LogP contribution in [0.3, 0.4) is 0 Å². The molecule has 3 amide bonds. The van der Waals surface area contributed by atoms with E-state index in [1.165, 1.54) is 13.8 Å². The highest BCUT2D eigenvalue weighted by Crippen LogP contribution is 2.32. The van der Waals surface area contributed by atoms with Crippen molar-refractivity contribution in [3.8, 4) is 0 Å². The number of cyclic esters (lactones) is 1. The van der Waals surface area contributed by atoms with Crippen molar-refractivity contribution >= 4 is 29.5 Å². The van der Waals surface area contributed by atoms with E-state index in [2.05, 4.69) is 0 Å². The minimum Gasteiger partial charge on any atom is -0.433 e. The van der Waals surface area contributed by atoms with Gasteiger partial charge >= 0.3 is 6.09 Å². The van der Waals surface area contributed by atoms with Gasteiger partial charge in [-0.1, -0.05) is 29.8 Å². The monoisotopic (exact) mass is 350 g/mol. The van der Waals surface area contributed by atoms with E-state index >= 15 is 0 Å². The first-order chi connectivity index (χ1) is 11.3. The summed E-state index contributed by atoms with van der Waals surface area (Å²) in [6, 6.07) is 7.59. The molecule has 0 unspecified atom stereocenters. The maximum atomic E-state index is 12.5. The lowest BCUT2D eigenvalue weighted by molar-refractivity contribution is -0.139. The van der Waals surface area contributed by atoms with Crippen molar-refractivity contribution in [1.29, 1.82) is 0 Å². The highest BCUT2D eigenvalue weighted by atomic mass is 35.5. The third kappa shape index (κ3) is 2.98. The van der Waals surface area contributed by atoms with Crippen molar-refractivity contribution in [1.82, 2.24) is 9.80 Å². The lowest BCUT2D eigenvalue weighted by Crippen LogP contribution is -2.43. The maximum Gasteiger partial charge on any atom is 0.418 e. The van der Waals surface area contributed by atoms with Crippen LogP contribution in [0.4, 0.5) is 4.79 Å². The molecule has 128 valence electrons. The summed E-state index contributed by atoms with van der Waals surface area (Å²) in [4.78, 5) is 38.9. The van der Waals surface area contributed by atoms with E-state index in [4.69, 9.17) is 16.3 Å². The number of hydrogen-bond donors (Lipinski definition) is 0. The average Bonchev–Trinajstić information content (AvgIpc) is 3.07. The normalized spacial score (nSPS) is 22.9. The Kier molecular flexibility index (Phi) is 4.25. The van der Waals surface area contributed by atoms with E-state index in [-0.39, 0.29) is 18.4 Å². The molecule has 1 aromatic rings. The van der Waals surface area contributed by atoms with Crippen LogP contribution in [0.5, 0.6) is 0 Å². The van der Waals surface area contributed by atoms with E-state index in [0.717, 1.165) is 16.9 Å². The summed E-state index contributed by atoms with van der Waals surface area (Å²) in [7, 11) is 0. The molecule has 1 aromatic carbocycles. The second-order valence-corrected chi connectivity index (χ2v) is 7.02. The van der Waals surface area contributed by atoms with Crippen LogP contribution in [0.25, 0.3) is 0 Å². The molecule has 0 radical (unpaired) electrons. The van der Waals surface area contributed by atoms with Crippen molar-refractivity contribution in [2.75, 3.05) is 19.6 Å². The van der Waals surface area contributed by atoms with E-state index in [1.807, 2.05) is 24.3 Å². The van der Waals surface area contributed by atoms with Gasteiger partial charge in [0.1, 0.15) is 6.54 Å². The molecule has 0 saturated carbocycles. The Labute approximate surface area is 145 Å². The number of nitrogens with zero attached hydrogens (tertiary/aromatic N) is 2. The zero-order chi connectivity index (χ0) is 17.5. The van der Waals surface area contributed by atoms with Gasteiger partial charge in [-0.15, -0.1) is 0 Å². The van der Waals surface area contributed by atoms with Gasteiger partial charge in [-0.3, -0.25) is 9.59 Å². The first kappa shape index (κ1) is 16.8. The van der Waals surface area contributed by atoms with Crippen LogP contribution in [0.15, 0.2) is 24.3 Å². The number of halogens is 1. The summed E-state index contributed by atoms with van der Waals surface area (Å²) in [5.74, 6) is -0.574. The van der Waals surface area contributed by atoms with Crippen LogP contribution in [0.1, 0.15) is 31.7 Å². The summed E-state index contributed by atoms with van der Waals surface area (Å²) in [6.45, 7) is 3.86. The van der Waals surface area contributed by atoms with E-state index in [9.17, 15) is 14.4 Å². The SMILES string of the molecule is CC1(C)OC(=O)N(CC(=O)N2CC[C@@H](c3ccccc3Cl)C2)C1=O. The van der Waals surface area contributed by atoms with Crippen LogP contribution < -0.4 is 0 Å². The lowest BCUT2D eigenvalue weighted by atomic mass is 9.98. The molecule has 2 heterocycles. The largest absolute Gasteiger partial charge is 0.433 e. The van der Waals surface area contributed by atoms with Gasteiger partial charge in [-0.2, -0.15) is 0 Å². The van der Waals surface area contributed by atoms with E-state index in [0.29, 0.717) is 18.1 Å². The maximum absolute atomic E-state index is 12.5. The van der Waals surface area contributed by atoms with Gasteiger partial charge in [0.05, 0.1) is 0 Å². The smallest absolute Gasteiger partial charge is 0.418 e. The van der Waals surface area contributed by atoms with Crippen LogP contribution in [0, 0.1) is 0 Å². The number of amides is 3. The molecule has 2 aliphatic heterocycles. The van der Waals surface area contributed by atoms with Crippen LogP contribution in [-0.4, -0.2) is 52.9 Å². The molecule has 2 saturated heterocycles. The fourth-order valence-corrected chi connectivity index (χ4v) is 3.43. The summed E-state index contributed by atoms with van der Waals surface area (Å²) in [5, 5.41) is 0.692. The van der Waals surface area contributed by atoms with E-state index < -0.39 is 17.6 Å². The number of ether oxygens (including phenoxy) is 1. The molecular weight excluding hydrogens is 332 g/mol. The molecule has 0 aliphatic carbocycles. The molecule has 24 heavy (non-hydrogen) atoms. The third-order valence-corrected chi connectivity index (χ3v) is 4.85. The predicted molar refractivity (Wildman–Crippen MR) is 87.7 cm³/mol. The Morgan fingerprint density at radius 1 is 1.33 bits per heavy atom. The molecular formula is C17H19ClN2O4. The van der Waals surface area contributed by atoms with Crippen molar-refractivity contribution in [2.24, 2.45) is 0 Å². The first-order valence-corrected chi connectivity index (χ1v) is 8.24. The quantitative estimate of drug-likeness (QED) is 0.839. The van der Waals surface area contributed by atoms with Crippen molar-refractivity contribution in [2.45, 2.75) is 31.8 Å². The van der Waals surface area contributed by atoms with Gasteiger partial charge in [-0.05, 0) is 31.9 Å². The van der Waals surface area contributed by atoms with Crippen molar-refractivity contribution in [3.63, 3.8) is 0 Å². The zero-order valence-corrected chi connectivity index (χ0v) is 14.4. The third-order valence-electron chi connectivity index (χ3n) is 4.50. The minimum absolute atomic E-state index is 0.167. The van der Waals surface area contributed by atoms with Gasteiger partial charge in [0.25, 0.3) is 5.91 Å². The fraction of sp³-hybridized carbons (Fsp3) is 0.471. The molecule has 1 atom stereocenters. The molecule has 3 rings (SSSR count). The fourth-order valence-electron chi connectivity index (χ4n) is 3.14. The number of likely N-dealkylation sites (tertiary alicyclic amines) is 1. The summed E-state index contributed by atoms with van der Waals surface area (Å²) >= 11 is 6.22. The number of imide groups is 1. The molecule has 0 spiro atoms. The Morgan fingerprint density at radius 3 is 2.67 bits per heavy atom. The topological polar surface area (TPSA) is 66.9 Å². The molecule has 2 fully saturated rings. The van der Waals surface area contributed by atoms with Crippen LogP contribution >= 0.6 is 11.6 Å². The molecule has 7 heteroatoms. The molecule has 6 nitrogen and oxygen atoms in total. The summed E-state index contributed by atoms with van der Waals surface area (Å²) in [6.07, 6.45) is 0.0412. The van der Waals surface area contributed by atoms with Crippen LogP contribution in [0.2, 0.25) is 5.02 Å². The number of benzene rings is 1. The summed E-state index contributed by atoms with van der Waals surface area (Å²) < 4.78 is 4.99. The zero-order valence-electron chi connectivity index (χ0n) is 13.6. The predicted octanol–water partition coefficient (Wildman–Crippen LogP) is 2.41. The number of carbonyl (C=O) groups is 3. The molecule has 2 aliphatic rings. The van der Waals surface area contributed by atoms with Gasteiger partial charge in [0, 0.05) is 24.0 Å². The minimum atomic E-state index is -1.21. The van der Waals surface area contributed by atoms with E-state index in [1.54, 1.807) is 4.90 Å². The second kappa shape index (κ2) is 6.09. The number of hydrogen-bond acceptors (Lipinski definition) is 4. The van der Waals surface area contributed by atoms with Gasteiger partial charge in [-0.25, -0.2) is 9.69 Å². The lowest BCUT2D eigenvalue weighted by Gasteiger charge is -2.20. The first-order valence-electron chi connectivity index (χ1n) is 7.87. The standard InChI is InChI=1S/C17H19ClN2O4/c1-17(2)15(22)20(16(23)24-17)10-14(21)19-8-7-11(9-19)12-5-3-4-6-13(12)18/h3-6,11H,7-10H2,1-2H3/t11-/m1/s1. The molecule has 0 N–H and O–H groups in total. The van der Waals surface area contributed by atoms with Gasteiger partial charge in [0.15, 0.2) is 5.60 Å². The molecule has 0 bridgehead atoms. The van der Waals surface area contributed by atoms with Gasteiger partial charge < -0.3 is 9.64 Å². The highest BCUT2D eigenvalue weighted by Gasteiger charge is 2.48. The average molecular weight is 351 g/mol. The Morgan fingerprint density at radius 2 is 2.04 bits per heavy atom. The number of rotatable bonds is 3. The Hall–Kier alpha value is -2.08.